The molecular formula is C11H14N2O4. The fraction of sp³-hybridized carbons (Fsp3) is 0.545. The van der Waals surface area contributed by atoms with Crippen molar-refractivity contribution in [2.45, 2.75) is 6.92 Å². The van der Waals surface area contributed by atoms with E-state index in [4.69, 9.17) is 5.26 Å². The molecule has 0 aromatic carbocycles. The minimum absolute atomic E-state index is 0.0526. The summed E-state index contributed by atoms with van der Waals surface area (Å²) in [6.07, 6.45) is 0. The molecule has 0 aliphatic carbocycles. The molecule has 1 aliphatic rings. The Morgan fingerprint density at radius 3 is 2.41 bits per heavy atom. The number of carbonyl (C=O) groups is 2. The summed E-state index contributed by atoms with van der Waals surface area (Å²) in [6.45, 7) is 1.78. The van der Waals surface area contributed by atoms with Crippen LogP contribution < -0.4 is 0 Å². The van der Waals surface area contributed by atoms with E-state index in [1.165, 1.54) is 14.2 Å². The topological polar surface area (TPSA) is 79.6 Å². The highest BCUT2D eigenvalue weighted by Gasteiger charge is 2.50. The van der Waals surface area contributed by atoms with Gasteiger partial charge in [0.1, 0.15) is 17.2 Å². The Labute approximate surface area is 99.4 Å². The van der Waals surface area contributed by atoms with Crippen molar-refractivity contribution in [2.75, 3.05) is 27.8 Å². The van der Waals surface area contributed by atoms with Gasteiger partial charge in [-0.1, -0.05) is 0 Å². The molecule has 0 aromatic rings. The predicted octanol–water partition coefficient (Wildman–Crippen LogP) is 0.0618. The largest absolute Gasteiger partial charge is 0.468 e. The fourth-order valence-electron chi connectivity index (χ4n) is 2.04. The molecule has 1 rings (SSSR count). The number of allylic oxidation sites excluding steroid dienone is 1. The summed E-state index contributed by atoms with van der Waals surface area (Å²) in [4.78, 5) is 25.0. The Bertz CT molecular complexity index is 435. The highest BCUT2D eigenvalue weighted by molar-refractivity contribution is 6.00. The quantitative estimate of drug-likeness (QED) is 0.633. The number of hydrogen-bond donors (Lipinski definition) is 0. The van der Waals surface area contributed by atoms with E-state index in [0.717, 1.165) is 0 Å². The van der Waals surface area contributed by atoms with Crippen LogP contribution in [-0.4, -0.2) is 44.7 Å². The van der Waals surface area contributed by atoms with Gasteiger partial charge in [-0.3, -0.25) is 4.79 Å². The molecule has 0 saturated carbocycles. The summed E-state index contributed by atoms with van der Waals surface area (Å²) in [7, 11) is 4.09. The maximum atomic E-state index is 11.8. The Kier molecular flexibility index (Phi) is 3.42. The predicted molar refractivity (Wildman–Crippen MR) is 57.4 cm³/mol. The van der Waals surface area contributed by atoms with Gasteiger partial charge in [0, 0.05) is 13.6 Å². The number of carbonyl (C=O) groups excluding carboxylic acids is 2. The zero-order valence-electron chi connectivity index (χ0n) is 10.2. The van der Waals surface area contributed by atoms with Crippen molar-refractivity contribution >= 4 is 11.9 Å². The van der Waals surface area contributed by atoms with Crippen LogP contribution in [0.1, 0.15) is 6.92 Å². The summed E-state index contributed by atoms with van der Waals surface area (Å²) < 4.78 is 9.31. The lowest BCUT2D eigenvalue weighted by Crippen LogP contribution is -2.37. The number of methoxy groups -OCH3 is 2. The Morgan fingerprint density at radius 1 is 1.41 bits per heavy atom. The molecule has 0 aromatic heterocycles. The van der Waals surface area contributed by atoms with Gasteiger partial charge in [-0.05, 0) is 6.92 Å². The van der Waals surface area contributed by atoms with E-state index in [9.17, 15) is 9.59 Å². The molecule has 6 heteroatoms. The summed E-state index contributed by atoms with van der Waals surface area (Å²) in [5, 5.41) is 9.03. The van der Waals surface area contributed by atoms with Crippen LogP contribution in [0.2, 0.25) is 0 Å². The van der Waals surface area contributed by atoms with Gasteiger partial charge in [-0.2, -0.15) is 5.26 Å². The highest BCUT2D eigenvalue weighted by Crippen LogP contribution is 2.39. The minimum Gasteiger partial charge on any atom is -0.468 e. The third-order valence-corrected chi connectivity index (χ3v) is 2.86. The van der Waals surface area contributed by atoms with Crippen molar-refractivity contribution in [1.29, 1.82) is 5.26 Å². The van der Waals surface area contributed by atoms with Crippen molar-refractivity contribution in [2.24, 2.45) is 5.41 Å². The van der Waals surface area contributed by atoms with Gasteiger partial charge in [0.05, 0.1) is 19.8 Å². The Hall–Kier alpha value is -2.03. The molecule has 6 nitrogen and oxygen atoms in total. The standard InChI is InChI=1S/C11H14N2O4/c1-11(10(15)17-4)6-13(2)7(5-12)8(11)9(14)16-3/h6H2,1-4H3/t11-/m1/s1. The molecule has 0 saturated heterocycles. The van der Waals surface area contributed by atoms with Gasteiger partial charge in [-0.25, -0.2) is 4.79 Å². The molecule has 0 bridgehead atoms. The number of ether oxygens (including phenoxy) is 2. The van der Waals surface area contributed by atoms with Crippen molar-refractivity contribution in [3.05, 3.63) is 11.3 Å². The second-order valence-electron chi connectivity index (χ2n) is 4.01. The lowest BCUT2D eigenvalue weighted by atomic mass is 9.83. The molecular weight excluding hydrogens is 224 g/mol. The number of rotatable bonds is 2. The fourth-order valence-corrected chi connectivity index (χ4v) is 2.04. The van der Waals surface area contributed by atoms with Crippen LogP contribution >= 0.6 is 0 Å². The lowest BCUT2D eigenvalue weighted by Gasteiger charge is -2.23. The molecule has 0 unspecified atom stereocenters. The molecule has 0 radical (unpaired) electrons. The Balaban J connectivity index is 3.37. The van der Waals surface area contributed by atoms with Gasteiger partial charge in [0.15, 0.2) is 0 Å². The molecule has 1 atom stereocenters. The average molecular weight is 238 g/mol. The second kappa shape index (κ2) is 4.45. The smallest absolute Gasteiger partial charge is 0.337 e. The molecule has 0 amide bonds. The van der Waals surface area contributed by atoms with Crippen LogP contribution in [0, 0.1) is 16.7 Å². The molecule has 0 N–H and O–H groups in total. The zero-order valence-corrected chi connectivity index (χ0v) is 10.2. The maximum absolute atomic E-state index is 11.8. The van der Waals surface area contributed by atoms with Crippen molar-refractivity contribution in [1.82, 2.24) is 4.90 Å². The van der Waals surface area contributed by atoms with Gasteiger partial charge >= 0.3 is 11.9 Å². The first kappa shape index (κ1) is 13.0. The lowest BCUT2D eigenvalue weighted by molar-refractivity contribution is -0.152. The molecule has 92 valence electrons. The number of nitrogens with zero attached hydrogens (tertiary/aromatic N) is 2. The van der Waals surface area contributed by atoms with Gasteiger partial charge in [0.2, 0.25) is 0 Å². The van der Waals surface area contributed by atoms with Crippen molar-refractivity contribution in [3.63, 3.8) is 0 Å². The third kappa shape index (κ3) is 1.84. The van der Waals surface area contributed by atoms with E-state index in [1.54, 1.807) is 18.9 Å². The second-order valence-corrected chi connectivity index (χ2v) is 4.01. The molecule has 0 spiro atoms. The van der Waals surface area contributed by atoms with Crippen LogP contribution in [0.25, 0.3) is 0 Å². The van der Waals surface area contributed by atoms with Crippen molar-refractivity contribution < 1.29 is 19.1 Å². The van der Waals surface area contributed by atoms with Crippen LogP contribution in [0.4, 0.5) is 0 Å². The number of esters is 2. The Morgan fingerprint density at radius 2 is 2.00 bits per heavy atom. The summed E-state index contributed by atoms with van der Waals surface area (Å²) in [5.74, 6) is -1.24. The van der Waals surface area contributed by atoms with E-state index < -0.39 is 17.4 Å². The summed E-state index contributed by atoms with van der Waals surface area (Å²) in [6, 6.07) is 1.91. The molecule has 1 aliphatic heterocycles. The van der Waals surface area contributed by atoms with Crippen molar-refractivity contribution in [3.8, 4) is 6.07 Å². The molecule has 1 heterocycles. The van der Waals surface area contributed by atoms with Crippen LogP contribution in [0.3, 0.4) is 0 Å². The third-order valence-electron chi connectivity index (χ3n) is 2.86. The maximum Gasteiger partial charge on any atom is 0.337 e. The first-order valence-corrected chi connectivity index (χ1v) is 4.95. The zero-order chi connectivity index (χ0) is 13.2. The molecule has 0 fully saturated rings. The van der Waals surface area contributed by atoms with Gasteiger partial charge in [-0.15, -0.1) is 0 Å². The van der Waals surface area contributed by atoms with E-state index in [-0.39, 0.29) is 17.8 Å². The van der Waals surface area contributed by atoms with Crippen LogP contribution in [-0.2, 0) is 19.1 Å². The SMILES string of the molecule is COC(=O)C1=C(C#N)N(C)C[C@@]1(C)C(=O)OC. The van der Waals surface area contributed by atoms with E-state index in [1.807, 2.05) is 6.07 Å². The minimum atomic E-state index is -1.17. The van der Waals surface area contributed by atoms with Gasteiger partial charge < -0.3 is 14.4 Å². The highest BCUT2D eigenvalue weighted by atomic mass is 16.5. The first-order valence-electron chi connectivity index (χ1n) is 4.95. The van der Waals surface area contributed by atoms with E-state index in [0.29, 0.717) is 0 Å². The van der Waals surface area contributed by atoms with Crippen LogP contribution in [0.15, 0.2) is 11.3 Å². The molecule has 17 heavy (non-hydrogen) atoms. The number of nitriles is 1. The summed E-state index contributed by atoms with van der Waals surface area (Å²) in [5.41, 5.74) is -0.969. The number of hydrogen-bond acceptors (Lipinski definition) is 6. The first-order chi connectivity index (χ1) is 7.92. The normalized spacial score (nSPS) is 23.4. The van der Waals surface area contributed by atoms with E-state index >= 15 is 0 Å². The summed E-state index contributed by atoms with van der Waals surface area (Å²) >= 11 is 0. The average Bonchev–Trinajstić information content (AvgIpc) is 2.59. The monoisotopic (exact) mass is 238 g/mol. The van der Waals surface area contributed by atoms with E-state index in [2.05, 4.69) is 9.47 Å². The van der Waals surface area contributed by atoms with Gasteiger partial charge in [0.25, 0.3) is 0 Å². The van der Waals surface area contributed by atoms with Crippen LogP contribution in [0.5, 0.6) is 0 Å².